The summed E-state index contributed by atoms with van der Waals surface area (Å²) in [5, 5.41) is 1.72. The Balaban J connectivity index is 2.22. The average Bonchev–Trinajstić information content (AvgIpc) is 2.02. The van der Waals surface area contributed by atoms with Crippen molar-refractivity contribution in [3.05, 3.63) is 0 Å². The van der Waals surface area contributed by atoms with Gasteiger partial charge in [0.25, 0.3) is 0 Å². The fourth-order valence-electron chi connectivity index (χ4n) is 1.13. The molecular formula is C5H13N3O3S. The molecule has 0 saturated carbocycles. The molecule has 0 atom stereocenters. The number of piperidine rings is 1. The van der Waals surface area contributed by atoms with Gasteiger partial charge < -0.3 is 0 Å². The highest BCUT2D eigenvalue weighted by Crippen LogP contribution is 2.04. The fourth-order valence-corrected chi connectivity index (χ4v) is 1.37. The zero-order valence-corrected chi connectivity index (χ0v) is 7.47. The third kappa shape index (κ3) is 3.98. The predicted molar refractivity (Wildman–Crippen MR) is 43.2 cm³/mol. The van der Waals surface area contributed by atoms with Crippen molar-refractivity contribution in [3.63, 3.8) is 0 Å². The Hall–Kier alpha value is -0.210. The van der Waals surface area contributed by atoms with Crippen molar-refractivity contribution >= 4 is 10.3 Å². The van der Waals surface area contributed by atoms with Crippen molar-refractivity contribution in [1.29, 1.82) is 0 Å². The van der Waals surface area contributed by atoms with Gasteiger partial charge in [-0.25, -0.2) is 5.01 Å². The first kappa shape index (κ1) is 9.87. The Kier molecular flexibility index (Phi) is 3.41. The molecule has 1 aliphatic heterocycles. The molecule has 0 aliphatic carbocycles. The molecule has 1 aliphatic rings. The standard InChI is InChI=1S/C5H13N3O3S/c9-12(10,11)7-6-8-4-2-1-3-5-8/h6-7H,1-5H2,(H,9,10,11). The number of hydrogen-bond acceptors (Lipinski definition) is 4. The van der Waals surface area contributed by atoms with Gasteiger partial charge in [-0.15, -0.1) is 4.83 Å². The molecule has 0 unspecified atom stereocenters. The minimum Gasteiger partial charge on any atom is -0.273 e. The van der Waals surface area contributed by atoms with E-state index in [9.17, 15) is 8.42 Å². The summed E-state index contributed by atoms with van der Waals surface area (Å²) in [5.41, 5.74) is 2.41. The molecule has 0 amide bonds. The molecule has 3 N–H and O–H groups in total. The Bertz CT molecular complexity index is 222. The number of hydrogen-bond donors (Lipinski definition) is 3. The van der Waals surface area contributed by atoms with Gasteiger partial charge in [-0.2, -0.15) is 14.0 Å². The molecule has 7 heteroatoms. The highest BCUT2D eigenvalue weighted by Gasteiger charge is 2.11. The van der Waals surface area contributed by atoms with Gasteiger partial charge in [0.05, 0.1) is 0 Å². The van der Waals surface area contributed by atoms with Crippen LogP contribution in [0.2, 0.25) is 0 Å². The lowest BCUT2D eigenvalue weighted by atomic mass is 10.2. The Morgan fingerprint density at radius 1 is 1.17 bits per heavy atom. The second-order valence-corrected chi connectivity index (χ2v) is 3.89. The van der Waals surface area contributed by atoms with Gasteiger partial charge in [-0.3, -0.25) is 4.55 Å². The SMILES string of the molecule is O=S(=O)(O)NNN1CCCCC1. The van der Waals surface area contributed by atoms with Gasteiger partial charge in [-0.05, 0) is 12.8 Å². The number of rotatable bonds is 3. The van der Waals surface area contributed by atoms with Crippen LogP contribution in [0.25, 0.3) is 0 Å². The van der Waals surface area contributed by atoms with Crippen LogP contribution in [-0.2, 0) is 10.3 Å². The molecular weight excluding hydrogens is 182 g/mol. The monoisotopic (exact) mass is 195 g/mol. The summed E-state index contributed by atoms with van der Waals surface area (Å²) < 4.78 is 28.8. The van der Waals surface area contributed by atoms with E-state index >= 15 is 0 Å². The van der Waals surface area contributed by atoms with Crippen molar-refractivity contribution in [2.75, 3.05) is 13.1 Å². The maximum Gasteiger partial charge on any atom is 0.347 e. The topological polar surface area (TPSA) is 81.7 Å². The first-order valence-electron chi connectivity index (χ1n) is 3.83. The third-order valence-electron chi connectivity index (χ3n) is 1.69. The molecule has 0 aromatic carbocycles. The van der Waals surface area contributed by atoms with Crippen LogP contribution in [-0.4, -0.2) is 31.1 Å². The van der Waals surface area contributed by atoms with E-state index in [2.05, 4.69) is 5.53 Å². The molecule has 0 aromatic rings. The molecule has 1 fully saturated rings. The first-order chi connectivity index (χ1) is 5.58. The Morgan fingerprint density at radius 2 is 1.75 bits per heavy atom. The molecule has 1 heterocycles. The fraction of sp³-hybridized carbons (Fsp3) is 1.00. The van der Waals surface area contributed by atoms with Gasteiger partial charge in [0.15, 0.2) is 0 Å². The lowest BCUT2D eigenvalue weighted by Gasteiger charge is -2.26. The van der Waals surface area contributed by atoms with Crippen molar-refractivity contribution in [2.45, 2.75) is 19.3 Å². The molecule has 0 aromatic heterocycles. The van der Waals surface area contributed by atoms with Crippen molar-refractivity contribution < 1.29 is 13.0 Å². The van der Waals surface area contributed by atoms with Crippen LogP contribution in [0, 0.1) is 0 Å². The molecule has 1 rings (SSSR count). The van der Waals surface area contributed by atoms with Crippen LogP contribution in [0.3, 0.4) is 0 Å². The van der Waals surface area contributed by atoms with Gasteiger partial charge >= 0.3 is 10.3 Å². The largest absolute Gasteiger partial charge is 0.347 e. The van der Waals surface area contributed by atoms with Crippen LogP contribution < -0.4 is 10.4 Å². The van der Waals surface area contributed by atoms with E-state index in [1.807, 2.05) is 0 Å². The minimum absolute atomic E-state index is 0.794. The molecule has 72 valence electrons. The summed E-state index contributed by atoms with van der Waals surface area (Å²) in [7, 11) is -4.13. The van der Waals surface area contributed by atoms with Crippen LogP contribution in [0.4, 0.5) is 0 Å². The summed E-state index contributed by atoms with van der Waals surface area (Å²) in [5.74, 6) is 0. The maximum absolute atomic E-state index is 10.2. The van der Waals surface area contributed by atoms with Gasteiger partial charge in [0.2, 0.25) is 0 Å². The zero-order valence-electron chi connectivity index (χ0n) is 6.65. The van der Waals surface area contributed by atoms with Crippen LogP contribution in [0.5, 0.6) is 0 Å². The summed E-state index contributed by atoms with van der Waals surface area (Å²) in [4.78, 5) is 1.80. The highest BCUT2D eigenvalue weighted by atomic mass is 32.2. The highest BCUT2D eigenvalue weighted by molar-refractivity contribution is 7.83. The van der Waals surface area contributed by atoms with Crippen molar-refractivity contribution in [1.82, 2.24) is 15.4 Å². The molecule has 6 nitrogen and oxygen atoms in total. The summed E-state index contributed by atoms with van der Waals surface area (Å²) in [6.07, 6.45) is 3.25. The normalized spacial score (nSPS) is 21.1. The summed E-state index contributed by atoms with van der Waals surface area (Å²) in [6, 6.07) is 0. The smallest absolute Gasteiger partial charge is 0.273 e. The van der Waals surface area contributed by atoms with E-state index < -0.39 is 10.3 Å². The van der Waals surface area contributed by atoms with Gasteiger partial charge in [0.1, 0.15) is 0 Å². The molecule has 1 saturated heterocycles. The van der Waals surface area contributed by atoms with Crippen molar-refractivity contribution in [3.8, 4) is 0 Å². The number of nitrogens with one attached hydrogen (secondary N) is 2. The van der Waals surface area contributed by atoms with E-state index in [0.29, 0.717) is 0 Å². The third-order valence-corrected chi connectivity index (χ3v) is 2.04. The van der Waals surface area contributed by atoms with Gasteiger partial charge in [-0.1, -0.05) is 6.42 Å². The van der Waals surface area contributed by atoms with Crippen LogP contribution in [0.15, 0.2) is 0 Å². The second kappa shape index (κ2) is 4.15. The average molecular weight is 195 g/mol. The first-order valence-corrected chi connectivity index (χ1v) is 5.27. The second-order valence-electron chi connectivity index (χ2n) is 2.74. The lowest BCUT2D eigenvalue weighted by molar-refractivity contribution is 0.140. The number of hydrazine groups is 2. The Morgan fingerprint density at radius 3 is 2.25 bits per heavy atom. The molecule has 12 heavy (non-hydrogen) atoms. The zero-order chi connectivity index (χ0) is 9.03. The van der Waals surface area contributed by atoms with E-state index in [0.717, 1.165) is 25.9 Å². The quantitative estimate of drug-likeness (QED) is 0.409. The lowest BCUT2D eigenvalue weighted by Crippen LogP contribution is -2.51. The summed E-state index contributed by atoms with van der Waals surface area (Å²) >= 11 is 0. The molecule has 0 radical (unpaired) electrons. The van der Waals surface area contributed by atoms with E-state index in [1.54, 1.807) is 9.84 Å². The van der Waals surface area contributed by atoms with Gasteiger partial charge in [0, 0.05) is 13.1 Å². The minimum atomic E-state index is -4.13. The van der Waals surface area contributed by atoms with Crippen LogP contribution >= 0.6 is 0 Å². The van der Waals surface area contributed by atoms with Crippen LogP contribution in [0.1, 0.15) is 19.3 Å². The Labute approximate surface area is 71.8 Å². The number of nitrogens with zero attached hydrogens (tertiary/aromatic N) is 1. The van der Waals surface area contributed by atoms with E-state index in [4.69, 9.17) is 4.55 Å². The molecule has 0 bridgehead atoms. The van der Waals surface area contributed by atoms with E-state index in [-0.39, 0.29) is 0 Å². The predicted octanol–water partition coefficient (Wildman–Crippen LogP) is -0.716. The summed E-state index contributed by atoms with van der Waals surface area (Å²) in [6.45, 7) is 1.59. The maximum atomic E-state index is 10.2. The van der Waals surface area contributed by atoms with E-state index in [1.165, 1.54) is 6.42 Å². The van der Waals surface area contributed by atoms with Crippen molar-refractivity contribution in [2.24, 2.45) is 0 Å². The molecule has 0 spiro atoms.